The fraction of sp³-hybridized carbons (Fsp3) is 0.273. The first kappa shape index (κ1) is 12.2. The van der Waals surface area contributed by atoms with Crippen molar-refractivity contribution in [3.63, 3.8) is 0 Å². The molecule has 0 saturated heterocycles. The number of phenols is 1. The maximum absolute atomic E-state index is 9.66. The molecular formula is C11H18O2Si2. The molecule has 0 aromatic heterocycles. The van der Waals surface area contributed by atoms with E-state index in [1.165, 1.54) is 0 Å². The zero-order valence-corrected chi connectivity index (χ0v) is 11.8. The van der Waals surface area contributed by atoms with Crippen molar-refractivity contribution in [2.45, 2.75) is 19.1 Å². The van der Waals surface area contributed by atoms with Crippen molar-refractivity contribution in [3.05, 3.63) is 42.1 Å². The molecule has 1 aromatic carbocycles. The summed E-state index contributed by atoms with van der Waals surface area (Å²) >= 11 is 0. The Hall–Kier alpha value is -0.846. The first-order valence-electron chi connectivity index (χ1n) is 5.07. The fourth-order valence-corrected chi connectivity index (χ4v) is 5.36. The molecule has 0 bridgehead atoms. The molecule has 0 unspecified atom stereocenters. The number of benzene rings is 1. The van der Waals surface area contributed by atoms with Crippen LogP contribution in [0.25, 0.3) is 0 Å². The van der Waals surface area contributed by atoms with Crippen LogP contribution >= 0.6 is 0 Å². The molecule has 0 fully saturated rings. The van der Waals surface area contributed by atoms with Gasteiger partial charge in [0.15, 0.2) is 18.1 Å². The molecular weight excluding hydrogens is 220 g/mol. The van der Waals surface area contributed by atoms with E-state index >= 15 is 0 Å². The molecule has 0 aliphatic heterocycles. The predicted molar refractivity (Wildman–Crippen MR) is 69.1 cm³/mol. The number of aromatic hydroxyl groups is 1. The first-order valence-corrected chi connectivity index (χ1v) is 9.58. The maximum atomic E-state index is 9.66. The number of hydrogen-bond acceptors (Lipinski definition) is 2. The van der Waals surface area contributed by atoms with Crippen molar-refractivity contribution >= 4 is 18.1 Å². The molecule has 1 rings (SSSR count). The van der Waals surface area contributed by atoms with E-state index in [9.17, 15) is 5.11 Å². The van der Waals surface area contributed by atoms with Gasteiger partial charge in [0.1, 0.15) is 5.75 Å². The summed E-state index contributed by atoms with van der Waals surface area (Å²) in [5.74, 6) is 0.377. The Labute approximate surface area is 94.7 Å². The lowest BCUT2D eigenvalue weighted by atomic mass is 10.2. The van der Waals surface area contributed by atoms with Crippen LogP contribution in [0.5, 0.6) is 5.75 Å². The molecule has 0 atom stereocenters. The Morgan fingerprint density at radius 1 is 1.47 bits per heavy atom. The quantitative estimate of drug-likeness (QED) is 0.794. The molecule has 0 amide bonds. The van der Waals surface area contributed by atoms with Crippen LogP contribution in [-0.4, -0.2) is 23.2 Å². The van der Waals surface area contributed by atoms with Crippen LogP contribution in [0.15, 0.2) is 36.5 Å². The summed E-state index contributed by atoms with van der Waals surface area (Å²) in [6.45, 7) is 8.05. The summed E-state index contributed by atoms with van der Waals surface area (Å²) in [6.07, 6.45) is 0. The van der Waals surface area contributed by atoms with E-state index in [0.717, 1.165) is 11.6 Å². The van der Waals surface area contributed by atoms with E-state index in [-0.39, 0.29) is 0 Å². The van der Waals surface area contributed by atoms with Gasteiger partial charge in [0.05, 0.1) is 0 Å². The van der Waals surface area contributed by atoms with Crippen molar-refractivity contribution in [1.82, 2.24) is 0 Å². The van der Waals surface area contributed by atoms with Gasteiger partial charge in [-0.1, -0.05) is 23.9 Å². The van der Waals surface area contributed by atoms with Crippen LogP contribution < -0.4 is 0 Å². The highest BCUT2D eigenvalue weighted by atomic mass is 28.4. The molecule has 82 valence electrons. The van der Waals surface area contributed by atoms with Crippen LogP contribution in [0.1, 0.15) is 5.56 Å². The third-order valence-electron chi connectivity index (χ3n) is 2.20. The first-order chi connectivity index (χ1) is 7.05. The zero-order chi connectivity index (χ0) is 11.3. The van der Waals surface area contributed by atoms with Crippen LogP contribution in [0.3, 0.4) is 0 Å². The fourth-order valence-electron chi connectivity index (χ4n) is 1.45. The predicted octanol–water partition coefficient (Wildman–Crippen LogP) is 1.92. The Morgan fingerprint density at radius 2 is 2.13 bits per heavy atom. The molecule has 0 aliphatic rings. The molecule has 0 heterocycles. The minimum atomic E-state index is -1.67. The Balaban J connectivity index is 2.68. The van der Waals surface area contributed by atoms with Crippen LogP contribution in [-0.2, 0) is 10.2 Å². The lowest BCUT2D eigenvalue weighted by Crippen LogP contribution is -2.35. The standard InChI is InChI=1S/C11H18O2Si2/c1-4-14-13-15(2,3)9-10-7-5-6-8-11(10)12/h4-8,12H,1,9,14H2,2-3H3. The number of para-hydroxylation sites is 1. The summed E-state index contributed by atoms with van der Waals surface area (Å²) in [4.78, 5) is 0. The molecule has 1 N–H and O–H groups in total. The minimum absolute atomic E-state index is 0.377. The monoisotopic (exact) mass is 238 g/mol. The van der Waals surface area contributed by atoms with Crippen molar-refractivity contribution in [3.8, 4) is 5.75 Å². The molecule has 4 heteroatoms. The molecule has 0 aliphatic carbocycles. The highest BCUT2D eigenvalue weighted by Gasteiger charge is 2.23. The summed E-state index contributed by atoms with van der Waals surface area (Å²) in [5.41, 5.74) is 2.90. The van der Waals surface area contributed by atoms with Gasteiger partial charge in [0.25, 0.3) is 0 Å². The third kappa shape index (κ3) is 4.03. The summed E-state index contributed by atoms with van der Waals surface area (Å²) in [5, 5.41) is 9.66. The Bertz CT molecular complexity index is 337. The van der Waals surface area contributed by atoms with E-state index < -0.39 is 18.1 Å². The average Bonchev–Trinajstić information content (AvgIpc) is 2.18. The number of rotatable bonds is 5. The van der Waals surface area contributed by atoms with Crippen molar-refractivity contribution < 1.29 is 9.22 Å². The van der Waals surface area contributed by atoms with Crippen LogP contribution in [0.2, 0.25) is 13.1 Å². The minimum Gasteiger partial charge on any atom is -0.508 e. The van der Waals surface area contributed by atoms with E-state index in [1.54, 1.807) is 6.07 Å². The van der Waals surface area contributed by atoms with Gasteiger partial charge in [-0.05, 0) is 30.8 Å². The molecule has 0 saturated carbocycles. The van der Waals surface area contributed by atoms with Gasteiger partial charge in [-0.3, -0.25) is 0 Å². The average molecular weight is 238 g/mol. The lowest BCUT2D eigenvalue weighted by Gasteiger charge is -2.23. The van der Waals surface area contributed by atoms with E-state index in [4.69, 9.17) is 4.12 Å². The lowest BCUT2D eigenvalue weighted by molar-refractivity contribution is 0.468. The van der Waals surface area contributed by atoms with Crippen LogP contribution in [0, 0.1) is 0 Å². The van der Waals surface area contributed by atoms with Gasteiger partial charge in [-0.25, -0.2) is 0 Å². The number of hydrogen-bond donors (Lipinski definition) is 1. The Morgan fingerprint density at radius 3 is 2.73 bits per heavy atom. The normalized spacial score (nSPS) is 12.1. The third-order valence-corrected chi connectivity index (χ3v) is 7.46. The molecule has 2 nitrogen and oxygen atoms in total. The summed E-state index contributed by atoms with van der Waals surface area (Å²) in [6, 6.07) is 8.34. The topological polar surface area (TPSA) is 29.5 Å². The Kier molecular flexibility index (Phi) is 4.32. The zero-order valence-electron chi connectivity index (χ0n) is 9.36. The molecule has 1 aromatic rings. The second-order valence-corrected chi connectivity index (χ2v) is 10.1. The van der Waals surface area contributed by atoms with E-state index in [1.807, 2.05) is 23.9 Å². The van der Waals surface area contributed by atoms with E-state index in [2.05, 4.69) is 19.7 Å². The van der Waals surface area contributed by atoms with Gasteiger partial charge < -0.3 is 9.22 Å². The largest absolute Gasteiger partial charge is 0.508 e. The van der Waals surface area contributed by atoms with E-state index in [0.29, 0.717) is 5.75 Å². The SMILES string of the molecule is C=C[SiH2]O[Si](C)(C)Cc1ccccc1O. The van der Waals surface area contributed by atoms with Crippen molar-refractivity contribution in [1.29, 1.82) is 0 Å². The molecule has 15 heavy (non-hydrogen) atoms. The smallest absolute Gasteiger partial charge is 0.177 e. The van der Waals surface area contributed by atoms with Gasteiger partial charge in [0, 0.05) is 0 Å². The van der Waals surface area contributed by atoms with Gasteiger partial charge >= 0.3 is 0 Å². The molecule has 0 radical (unpaired) electrons. The van der Waals surface area contributed by atoms with Crippen molar-refractivity contribution in [2.75, 3.05) is 0 Å². The summed E-state index contributed by atoms with van der Waals surface area (Å²) in [7, 11) is -2.23. The molecule has 0 spiro atoms. The summed E-state index contributed by atoms with van der Waals surface area (Å²) < 4.78 is 5.89. The van der Waals surface area contributed by atoms with Crippen LogP contribution in [0.4, 0.5) is 0 Å². The second-order valence-electron chi connectivity index (χ2n) is 4.16. The maximum Gasteiger partial charge on any atom is 0.177 e. The van der Waals surface area contributed by atoms with Gasteiger partial charge in [-0.2, -0.15) is 0 Å². The second kappa shape index (κ2) is 5.30. The van der Waals surface area contributed by atoms with Gasteiger partial charge in [0.2, 0.25) is 0 Å². The number of phenolic OH excluding ortho intramolecular Hbond substituents is 1. The van der Waals surface area contributed by atoms with Gasteiger partial charge in [-0.15, -0.1) is 6.58 Å². The highest BCUT2D eigenvalue weighted by molar-refractivity contribution is 6.75. The highest BCUT2D eigenvalue weighted by Crippen LogP contribution is 2.21. The van der Waals surface area contributed by atoms with Crippen molar-refractivity contribution in [2.24, 2.45) is 0 Å².